The molecular weight excluding hydrogens is 420 g/mol. The number of carbonyl (C=O) groups is 2. The lowest BCUT2D eigenvalue weighted by Gasteiger charge is -2.31. The summed E-state index contributed by atoms with van der Waals surface area (Å²) in [5, 5.41) is 11.1. The monoisotopic (exact) mass is 450 g/mol. The minimum atomic E-state index is -0.667. The van der Waals surface area contributed by atoms with Crippen molar-refractivity contribution in [2.24, 2.45) is 0 Å². The van der Waals surface area contributed by atoms with Gasteiger partial charge in [0.05, 0.1) is 30.9 Å². The first-order valence-corrected chi connectivity index (χ1v) is 11.4. The van der Waals surface area contributed by atoms with E-state index in [-0.39, 0.29) is 17.4 Å². The molecule has 1 atom stereocenters. The number of likely N-dealkylation sites (tertiary alicyclic amines) is 1. The molecule has 4 rings (SSSR count). The van der Waals surface area contributed by atoms with E-state index in [1.54, 1.807) is 29.2 Å². The minimum absolute atomic E-state index is 0.0353. The Hall–Kier alpha value is -3.16. The van der Waals surface area contributed by atoms with Crippen LogP contribution in [0.1, 0.15) is 31.0 Å². The average molecular weight is 451 g/mol. The predicted molar refractivity (Wildman–Crippen MR) is 125 cm³/mol. The number of aliphatic hydroxyl groups is 1. The zero-order chi connectivity index (χ0) is 23.4. The summed E-state index contributed by atoms with van der Waals surface area (Å²) in [6.07, 6.45) is 0.0353. The fourth-order valence-electron chi connectivity index (χ4n) is 4.28. The van der Waals surface area contributed by atoms with Crippen LogP contribution in [0.25, 0.3) is 5.76 Å². The standard InChI is InChI=1S/C26H30N2O5/c1-18(2)33-21-10-8-19(9-11-21)23-22(24(29)20-6-4-3-5-7-20)25(30)26(31)28(23)13-12-27-14-16-32-17-15-27/h3-11,18,23,29H,12-17H2,1-2H3/b24-22+. The van der Waals surface area contributed by atoms with Gasteiger partial charge in [-0.05, 0) is 31.5 Å². The quantitative estimate of drug-likeness (QED) is 0.396. The number of Topliss-reactive ketones (excluding diaryl/α,β-unsaturated/α-hetero) is 1. The first-order valence-electron chi connectivity index (χ1n) is 11.4. The highest BCUT2D eigenvalue weighted by Crippen LogP contribution is 2.39. The van der Waals surface area contributed by atoms with E-state index in [1.165, 1.54) is 0 Å². The van der Waals surface area contributed by atoms with Crippen LogP contribution in [-0.4, -0.2) is 72.1 Å². The number of morpholine rings is 1. The minimum Gasteiger partial charge on any atom is -0.507 e. The molecule has 33 heavy (non-hydrogen) atoms. The van der Waals surface area contributed by atoms with E-state index in [2.05, 4.69) is 4.90 Å². The molecule has 174 valence electrons. The fraction of sp³-hybridized carbons (Fsp3) is 0.385. The number of nitrogens with zero attached hydrogens (tertiary/aromatic N) is 2. The van der Waals surface area contributed by atoms with Gasteiger partial charge in [0.1, 0.15) is 11.5 Å². The van der Waals surface area contributed by atoms with Gasteiger partial charge in [-0.15, -0.1) is 0 Å². The summed E-state index contributed by atoms with van der Waals surface area (Å²) >= 11 is 0. The number of ether oxygens (including phenoxy) is 2. The lowest BCUT2D eigenvalue weighted by Crippen LogP contribution is -2.42. The predicted octanol–water partition coefficient (Wildman–Crippen LogP) is 3.23. The van der Waals surface area contributed by atoms with Crippen molar-refractivity contribution in [2.45, 2.75) is 26.0 Å². The van der Waals surface area contributed by atoms with E-state index in [4.69, 9.17) is 9.47 Å². The van der Waals surface area contributed by atoms with Crippen molar-refractivity contribution >= 4 is 17.4 Å². The Bertz CT molecular complexity index is 1010. The molecular formula is C26H30N2O5. The van der Waals surface area contributed by atoms with Crippen molar-refractivity contribution in [3.63, 3.8) is 0 Å². The number of ketones is 1. The van der Waals surface area contributed by atoms with E-state index in [0.29, 0.717) is 37.6 Å². The molecule has 2 aromatic rings. The molecule has 2 heterocycles. The molecule has 1 N–H and O–H groups in total. The summed E-state index contributed by atoms with van der Waals surface area (Å²) < 4.78 is 11.2. The molecule has 2 fully saturated rings. The molecule has 0 spiro atoms. The van der Waals surface area contributed by atoms with Crippen LogP contribution in [0.15, 0.2) is 60.2 Å². The number of amides is 1. The van der Waals surface area contributed by atoms with Gasteiger partial charge in [0.2, 0.25) is 0 Å². The highest BCUT2D eigenvalue weighted by Gasteiger charge is 2.46. The van der Waals surface area contributed by atoms with Crippen LogP contribution in [0.4, 0.5) is 0 Å². The maximum absolute atomic E-state index is 13.1. The SMILES string of the molecule is CC(C)Oc1ccc(C2/C(=C(\O)c3ccccc3)C(=O)C(=O)N2CCN2CCOCC2)cc1. The second kappa shape index (κ2) is 10.2. The summed E-state index contributed by atoms with van der Waals surface area (Å²) in [6.45, 7) is 7.82. The second-order valence-corrected chi connectivity index (χ2v) is 8.55. The van der Waals surface area contributed by atoms with Gasteiger partial charge in [0, 0.05) is 31.7 Å². The molecule has 1 unspecified atom stereocenters. The molecule has 7 heteroatoms. The molecule has 0 aromatic heterocycles. The van der Waals surface area contributed by atoms with E-state index >= 15 is 0 Å². The lowest BCUT2D eigenvalue weighted by molar-refractivity contribution is -0.140. The van der Waals surface area contributed by atoms with E-state index in [9.17, 15) is 14.7 Å². The molecule has 2 saturated heterocycles. The number of aliphatic hydroxyl groups excluding tert-OH is 1. The number of hydrogen-bond donors (Lipinski definition) is 1. The lowest BCUT2D eigenvalue weighted by atomic mass is 9.95. The van der Waals surface area contributed by atoms with Gasteiger partial charge in [0.25, 0.3) is 11.7 Å². The van der Waals surface area contributed by atoms with Gasteiger partial charge in [0.15, 0.2) is 0 Å². The molecule has 0 radical (unpaired) electrons. The number of hydrogen-bond acceptors (Lipinski definition) is 6. The molecule has 2 aromatic carbocycles. The molecule has 7 nitrogen and oxygen atoms in total. The van der Waals surface area contributed by atoms with E-state index < -0.39 is 17.7 Å². The molecule has 0 aliphatic carbocycles. The highest BCUT2D eigenvalue weighted by molar-refractivity contribution is 6.46. The number of rotatable bonds is 7. The summed E-state index contributed by atoms with van der Waals surface area (Å²) in [6, 6.07) is 15.6. The van der Waals surface area contributed by atoms with Gasteiger partial charge in [-0.2, -0.15) is 0 Å². The Morgan fingerprint density at radius 1 is 1.03 bits per heavy atom. The Morgan fingerprint density at radius 2 is 1.70 bits per heavy atom. The first kappa shape index (κ1) is 23.0. The third-order valence-corrected chi connectivity index (χ3v) is 5.92. The van der Waals surface area contributed by atoms with Crippen LogP contribution in [0.3, 0.4) is 0 Å². The molecule has 0 saturated carbocycles. The van der Waals surface area contributed by atoms with Crippen LogP contribution in [-0.2, 0) is 14.3 Å². The zero-order valence-electron chi connectivity index (χ0n) is 19.1. The van der Waals surface area contributed by atoms with Crippen LogP contribution in [0.2, 0.25) is 0 Å². The summed E-state index contributed by atoms with van der Waals surface area (Å²) in [4.78, 5) is 30.0. The number of benzene rings is 2. The van der Waals surface area contributed by atoms with E-state index in [1.807, 2.05) is 44.2 Å². The summed E-state index contributed by atoms with van der Waals surface area (Å²) in [5.74, 6) is -0.698. The normalized spacial score (nSPS) is 21.1. The van der Waals surface area contributed by atoms with E-state index in [0.717, 1.165) is 18.7 Å². The first-order chi connectivity index (χ1) is 16.0. The van der Waals surface area contributed by atoms with Crippen molar-refractivity contribution in [3.8, 4) is 5.75 Å². The van der Waals surface area contributed by atoms with Gasteiger partial charge in [-0.3, -0.25) is 14.5 Å². The third-order valence-electron chi connectivity index (χ3n) is 5.92. The van der Waals surface area contributed by atoms with Crippen molar-refractivity contribution < 1.29 is 24.2 Å². The van der Waals surface area contributed by atoms with Crippen molar-refractivity contribution in [1.29, 1.82) is 0 Å². The van der Waals surface area contributed by atoms with Gasteiger partial charge in [-0.1, -0.05) is 42.5 Å². The number of carbonyl (C=O) groups excluding carboxylic acids is 2. The molecule has 2 aliphatic heterocycles. The highest BCUT2D eigenvalue weighted by atomic mass is 16.5. The van der Waals surface area contributed by atoms with Crippen LogP contribution < -0.4 is 4.74 Å². The Kier molecular flexibility index (Phi) is 7.11. The summed E-state index contributed by atoms with van der Waals surface area (Å²) in [5.41, 5.74) is 1.38. The Labute approximate surface area is 194 Å². The van der Waals surface area contributed by atoms with Gasteiger partial charge >= 0.3 is 0 Å². The molecule has 2 aliphatic rings. The Balaban J connectivity index is 1.70. The third kappa shape index (κ3) is 5.10. The largest absolute Gasteiger partial charge is 0.507 e. The second-order valence-electron chi connectivity index (χ2n) is 8.55. The van der Waals surface area contributed by atoms with Gasteiger partial charge < -0.3 is 19.5 Å². The van der Waals surface area contributed by atoms with Crippen molar-refractivity contribution in [1.82, 2.24) is 9.80 Å². The maximum atomic E-state index is 13.1. The molecule has 0 bridgehead atoms. The van der Waals surface area contributed by atoms with Crippen molar-refractivity contribution in [3.05, 3.63) is 71.3 Å². The average Bonchev–Trinajstić information content (AvgIpc) is 3.08. The van der Waals surface area contributed by atoms with Crippen molar-refractivity contribution in [2.75, 3.05) is 39.4 Å². The zero-order valence-corrected chi connectivity index (χ0v) is 19.1. The fourth-order valence-corrected chi connectivity index (χ4v) is 4.28. The van der Waals surface area contributed by atoms with Gasteiger partial charge in [-0.25, -0.2) is 0 Å². The smallest absolute Gasteiger partial charge is 0.295 e. The maximum Gasteiger partial charge on any atom is 0.295 e. The molecule has 1 amide bonds. The van der Waals surface area contributed by atoms with Crippen LogP contribution in [0, 0.1) is 0 Å². The van der Waals surface area contributed by atoms with Crippen LogP contribution >= 0.6 is 0 Å². The Morgan fingerprint density at radius 3 is 2.33 bits per heavy atom. The summed E-state index contributed by atoms with van der Waals surface area (Å²) in [7, 11) is 0. The van der Waals surface area contributed by atoms with Crippen LogP contribution in [0.5, 0.6) is 5.75 Å². The topological polar surface area (TPSA) is 79.3 Å².